The third kappa shape index (κ3) is 3.92. The quantitative estimate of drug-likeness (QED) is 0.630. The van der Waals surface area contributed by atoms with E-state index < -0.39 is 0 Å². The van der Waals surface area contributed by atoms with Crippen LogP contribution in [0.1, 0.15) is 18.1 Å². The highest BCUT2D eigenvalue weighted by atomic mass is 35.5. The summed E-state index contributed by atoms with van der Waals surface area (Å²) >= 11 is 6.23. The Morgan fingerprint density at radius 3 is 2.73 bits per heavy atom. The number of anilines is 1. The topological polar surface area (TPSA) is 42.8 Å². The number of methoxy groups -OCH3 is 1. The van der Waals surface area contributed by atoms with Gasteiger partial charge in [0.1, 0.15) is 0 Å². The van der Waals surface area contributed by atoms with Gasteiger partial charge in [0.25, 0.3) is 0 Å². The molecule has 0 fully saturated rings. The fourth-order valence-corrected chi connectivity index (χ4v) is 2.25. The number of nitrogens with zero attached hydrogens (tertiary/aromatic N) is 1. The summed E-state index contributed by atoms with van der Waals surface area (Å²) < 4.78 is 10.8. The summed E-state index contributed by atoms with van der Waals surface area (Å²) in [7, 11) is 1.58. The van der Waals surface area contributed by atoms with Gasteiger partial charge in [-0.25, -0.2) is 0 Å². The van der Waals surface area contributed by atoms with Crippen molar-refractivity contribution in [1.82, 2.24) is 0 Å². The van der Waals surface area contributed by atoms with E-state index in [1.807, 2.05) is 44.2 Å². The van der Waals surface area contributed by atoms with Crippen LogP contribution >= 0.6 is 11.6 Å². The van der Waals surface area contributed by atoms with Crippen molar-refractivity contribution in [3.05, 3.63) is 52.5 Å². The Morgan fingerprint density at radius 1 is 1.27 bits per heavy atom. The zero-order valence-corrected chi connectivity index (χ0v) is 13.6. The molecule has 0 atom stereocenters. The summed E-state index contributed by atoms with van der Waals surface area (Å²) in [6.07, 6.45) is 1.69. The molecule has 0 aliphatic rings. The van der Waals surface area contributed by atoms with E-state index in [0.29, 0.717) is 23.1 Å². The zero-order chi connectivity index (χ0) is 15.9. The molecule has 0 heterocycles. The third-order valence-electron chi connectivity index (χ3n) is 3.08. The van der Waals surface area contributed by atoms with Crippen LogP contribution < -0.4 is 14.9 Å². The minimum atomic E-state index is 0.499. The van der Waals surface area contributed by atoms with Gasteiger partial charge in [-0.05, 0) is 43.2 Å². The highest BCUT2D eigenvalue weighted by molar-refractivity contribution is 6.32. The molecule has 0 radical (unpaired) electrons. The van der Waals surface area contributed by atoms with Gasteiger partial charge in [-0.15, -0.1) is 0 Å². The molecule has 0 aromatic heterocycles. The monoisotopic (exact) mass is 318 g/mol. The van der Waals surface area contributed by atoms with Crippen molar-refractivity contribution < 1.29 is 9.47 Å². The summed E-state index contributed by atoms with van der Waals surface area (Å²) in [6.45, 7) is 4.45. The smallest absolute Gasteiger partial charge is 0.179 e. The number of aryl methyl sites for hydroxylation is 1. The highest BCUT2D eigenvalue weighted by Gasteiger charge is 2.10. The van der Waals surface area contributed by atoms with Gasteiger partial charge < -0.3 is 9.47 Å². The van der Waals surface area contributed by atoms with Crippen LogP contribution in [-0.4, -0.2) is 19.9 Å². The average molecular weight is 319 g/mol. The van der Waals surface area contributed by atoms with Crippen LogP contribution in [-0.2, 0) is 0 Å². The summed E-state index contributed by atoms with van der Waals surface area (Å²) in [5.74, 6) is 1.14. The Labute approximate surface area is 135 Å². The van der Waals surface area contributed by atoms with Crippen LogP contribution in [0.3, 0.4) is 0 Å². The van der Waals surface area contributed by atoms with Gasteiger partial charge in [-0.1, -0.05) is 29.8 Å². The number of hydrazone groups is 1. The maximum Gasteiger partial charge on any atom is 0.179 e. The molecule has 0 unspecified atom stereocenters. The molecule has 0 amide bonds. The van der Waals surface area contributed by atoms with E-state index in [0.717, 1.165) is 16.8 Å². The lowest BCUT2D eigenvalue weighted by molar-refractivity contribution is 0.311. The Hall–Kier alpha value is -2.20. The van der Waals surface area contributed by atoms with E-state index in [1.165, 1.54) is 0 Å². The molecule has 2 aromatic rings. The first kappa shape index (κ1) is 16.2. The van der Waals surface area contributed by atoms with E-state index in [-0.39, 0.29) is 0 Å². The predicted molar refractivity (Wildman–Crippen MR) is 91.6 cm³/mol. The highest BCUT2D eigenvalue weighted by Crippen LogP contribution is 2.35. The van der Waals surface area contributed by atoms with Crippen LogP contribution in [0.25, 0.3) is 0 Å². The Kier molecular flexibility index (Phi) is 5.67. The van der Waals surface area contributed by atoms with Crippen LogP contribution in [0, 0.1) is 6.92 Å². The van der Waals surface area contributed by atoms with Crippen molar-refractivity contribution in [2.24, 2.45) is 5.10 Å². The van der Waals surface area contributed by atoms with Gasteiger partial charge in [-0.3, -0.25) is 5.43 Å². The van der Waals surface area contributed by atoms with Gasteiger partial charge >= 0.3 is 0 Å². The lowest BCUT2D eigenvalue weighted by Crippen LogP contribution is -1.98. The molecule has 4 nitrogen and oxygen atoms in total. The lowest BCUT2D eigenvalue weighted by atomic mass is 10.2. The Balaban J connectivity index is 2.17. The first-order valence-corrected chi connectivity index (χ1v) is 7.38. The summed E-state index contributed by atoms with van der Waals surface area (Å²) in [4.78, 5) is 0. The van der Waals surface area contributed by atoms with E-state index in [2.05, 4.69) is 10.5 Å². The largest absolute Gasteiger partial charge is 0.493 e. The standard InChI is InChI=1S/C17H19ClN2O2/c1-4-22-17-14(18)9-13(10-16(17)21-3)11-19-20-15-8-6-5-7-12(15)2/h5-11,20H,4H2,1-3H3/b19-11-. The Bertz CT molecular complexity index is 672. The van der Waals surface area contributed by atoms with Crippen molar-refractivity contribution in [2.75, 3.05) is 19.1 Å². The minimum absolute atomic E-state index is 0.499. The first-order chi connectivity index (χ1) is 10.7. The van der Waals surface area contributed by atoms with Gasteiger partial charge in [0.15, 0.2) is 11.5 Å². The molecule has 116 valence electrons. The number of nitrogens with one attached hydrogen (secondary N) is 1. The van der Waals surface area contributed by atoms with Gasteiger partial charge in [0, 0.05) is 0 Å². The van der Waals surface area contributed by atoms with Crippen LogP contribution in [0.5, 0.6) is 11.5 Å². The average Bonchev–Trinajstić information content (AvgIpc) is 2.51. The number of ether oxygens (including phenoxy) is 2. The molecule has 22 heavy (non-hydrogen) atoms. The van der Waals surface area contributed by atoms with Crippen molar-refractivity contribution >= 4 is 23.5 Å². The molecule has 0 aliphatic heterocycles. The number of rotatable bonds is 6. The molecule has 1 N–H and O–H groups in total. The van der Waals surface area contributed by atoms with Crippen LogP contribution in [0.2, 0.25) is 5.02 Å². The van der Waals surface area contributed by atoms with E-state index in [9.17, 15) is 0 Å². The normalized spacial score (nSPS) is 10.7. The summed E-state index contributed by atoms with van der Waals surface area (Å²) in [6, 6.07) is 11.6. The zero-order valence-electron chi connectivity index (χ0n) is 12.9. The van der Waals surface area contributed by atoms with Gasteiger partial charge in [0.05, 0.1) is 30.6 Å². The second-order valence-corrected chi connectivity index (χ2v) is 5.06. The van der Waals surface area contributed by atoms with Gasteiger partial charge in [0.2, 0.25) is 0 Å². The molecular formula is C17H19ClN2O2. The van der Waals surface area contributed by atoms with E-state index in [1.54, 1.807) is 19.4 Å². The van der Waals surface area contributed by atoms with Gasteiger partial charge in [-0.2, -0.15) is 5.10 Å². The molecule has 0 saturated carbocycles. The molecule has 0 spiro atoms. The number of para-hydroxylation sites is 1. The van der Waals surface area contributed by atoms with E-state index >= 15 is 0 Å². The lowest BCUT2D eigenvalue weighted by Gasteiger charge is -2.11. The summed E-state index contributed by atoms with van der Waals surface area (Å²) in [5.41, 5.74) is 5.93. The SMILES string of the molecule is CCOc1c(Cl)cc(/C=N\Nc2ccccc2C)cc1OC. The minimum Gasteiger partial charge on any atom is -0.493 e. The molecule has 2 aromatic carbocycles. The molecule has 0 bridgehead atoms. The maximum absolute atomic E-state index is 6.23. The van der Waals surface area contributed by atoms with Crippen molar-refractivity contribution in [3.63, 3.8) is 0 Å². The summed E-state index contributed by atoms with van der Waals surface area (Å²) in [5, 5.41) is 4.73. The number of halogens is 1. The number of hydrogen-bond donors (Lipinski definition) is 1. The molecule has 0 saturated heterocycles. The molecule has 2 rings (SSSR count). The van der Waals surface area contributed by atoms with Crippen molar-refractivity contribution in [2.45, 2.75) is 13.8 Å². The molecular weight excluding hydrogens is 300 g/mol. The Morgan fingerprint density at radius 2 is 2.05 bits per heavy atom. The predicted octanol–water partition coefficient (Wildman–Crippen LogP) is 4.50. The van der Waals surface area contributed by atoms with Crippen molar-refractivity contribution in [3.8, 4) is 11.5 Å². The third-order valence-corrected chi connectivity index (χ3v) is 3.36. The van der Waals surface area contributed by atoms with Crippen LogP contribution in [0.15, 0.2) is 41.5 Å². The fourth-order valence-electron chi connectivity index (χ4n) is 1.97. The van der Waals surface area contributed by atoms with Crippen molar-refractivity contribution in [1.29, 1.82) is 0 Å². The molecule has 5 heteroatoms. The number of hydrogen-bond acceptors (Lipinski definition) is 4. The second-order valence-electron chi connectivity index (χ2n) is 4.65. The number of benzene rings is 2. The van der Waals surface area contributed by atoms with E-state index in [4.69, 9.17) is 21.1 Å². The second kappa shape index (κ2) is 7.71. The fraction of sp³-hybridized carbons (Fsp3) is 0.235. The van der Waals surface area contributed by atoms with Crippen LogP contribution in [0.4, 0.5) is 5.69 Å². The molecule has 0 aliphatic carbocycles. The maximum atomic E-state index is 6.23. The first-order valence-electron chi connectivity index (χ1n) is 7.00.